The fraction of sp³-hybridized carbons (Fsp3) is 0.148. The zero-order valence-corrected chi connectivity index (χ0v) is 20.0. The predicted molar refractivity (Wildman–Crippen MR) is 136 cm³/mol. The van der Waals surface area contributed by atoms with Crippen LogP contribution < -0.4 is 10.5 Å². The van der Waals surface area contributed by atoms with Crippen molar-refractivity contribution in [3.63, 3.8) is 0 Å². The molecule has 8 heteroatoms. The number of imide groups is 1. The van der Waals surface area contributed by atoms with Gasteiger partial charge in [-0.05, 0) is 55.7 Å². The van der Waals surface area contributed by atoms with Crippen molar-refractivity contribution in [2.24, 2.45) is 0 Å². The van der Waals surface area contributed by atoms with Crippen LogP contribution in [0.25, 0.3) is 11.3 Å². The number of hydrogen-bond acceptors (Lipinski definition) is 4. The molecule has 2 aliphatic heterocycles. The Hall–Kier alpha value is -4.10. The summed E-state index contributed by atoms with van der Waals surface area (Å²) in [5.41, 5.74) is 2.45. The van der Waals surface area contributed by atoms with Gasteiger partial charge < -0.3 is 4.90 Å². The normalized spacial score (nSPS) is 15.6. The van der Waals surface area contributed by atoms with Crippen LogP contribution in [-0.4, -0.2) is 26.5 Å². The van der Waals surface area contributed by atoms with Crippen molar-refractivity contribution in [3.8, 4) is 5.69 Å². The van der Waals surface area contributed by atoms with E-state index in [0.717, 1.165) is 16.9 Å². The van der Waals surface area contributed by atoms with Crippen LogP contribution in [0.15, 0.2) is 83.6 Å². The fourth-order valence-corrected chi connectivity index (χ4v) is 4.59. The Kier molecular flexibility index (Phi) is 5.78. The quantitative estimate of drug-likeness (QED) is 0.530. The van der Waals surface area contributed by atoms with Crippen LogP contribution in [-0.2, 0) is 16.0 Å². The second-order valence-electron chi connectivity index (χ2n) is 8.36. The summed E-state index contributed by atoms with van der Waals surface area (Å²) >= 11 is 6.16. The van der Waals surface area contributed by atoms with E-state index in [0.29, 0.717) is 28.5 Å². The summed E-state index contributed by atoms with van der Waals surface area (Å²) in [6, 6.07) is 14.1. The zero-order chi connectivity index (χ0) is 24.7. The predicted octanol–water partition coefficient (Wildman–Crippen LogP) is 4.71. The number of allylic oxidation sites excluding steroid dienone is 2. The van der Waals surface area contributed by atoms with Crippen LogP contribution in [0, 0.1) is 6.92 Å². The molecule has 176 valence electrons. The first-order valence-electron chi connectivity index (χ1n) is 11.3. The van der Waals surface area contributed by atoms with E-state index >= 15 is 0 Å². The second kappa shape index (κ2) is 8.92. The molecule has 0 aliphatic carbocycles. The van der Waals surface area contributed by atoms with Crippen molar-refractivity contribution in [2.45, 2.75) is 26.7 Å². The molecule has 0 radical (unpaired) electrons. The zero-order valence-electron chi connectivity index (χ0n) is 19.3. The van der Waals surface area contributed by atoms with Gasteiger partial charge in [0.25, 0.3) is 17.4 Å². The van der Waals surface area contributed by atoms with Gasteiger partial charge in [-0.2, -0.15) is 0 Å². The van der Waals surface area contributed by atoms with Gasteiger partial charge in [0.1, 0.15) is 5.70 Å². The Labute approximate surface area is 207 Å². The molecule has 0 spiro atoms. The molecule has 3 heterocycles. The fourth-order valence-electron chi connectivity index (χ4n) is 4.40. The number of nitrogens with zero attached hydrogens (tertiary/aromatic N) is 3. The molecule has 0 unspecified atom stereocenters. The first-order valence-corrected chi connectivity index (χ1v) is 11.7. The number of halogens is 1. The summed E-state index contributed by atoms with van der Waals surface area (Å²) in [5, 5.41) is 3.59. The minimum Gasteiger partial charge on any atom is -0.319 e. The highest BCUT2D eigenvalue weighted by Gasteiger charge is 2.44. The smallest absolute Gasteiger partial charge is 0.283 e. The Bertz CT molecular complexity index is 1500. The summed E-state index contributed by atoms with van der Waals surface area (Å²) < 4.78 is 1.36. The minimum absolute atomic E-state index is 0.0755. The van der Waals surface area contributed by atoms with E-state index in [-0.39, 0.29) is 16.8 Å². The Balaban J connectivity index is 1.75. The molecule has 0 saturated heterocycles. The van der Waals surface area contributed by atoms with Gasteiger partial charge in [0.15, 0.2) is 0 Å². The highest BCUT2D eigenvalue weighted by Crippen LogP contribution is 2.36. The molecule has 2 aromatic carbocycles. The van der Waals surface area contributed by atoms with Crippen molar-refractivity contribution >= 4 is 34.7 Å². The molecule has 0 fully saturated rings. The topological polar surface area (TPSA) is 78.4 Å². The van der Waals surface area contributed by atoms with Gasteiger partial charge in [-0.15, -0.1) is 0 Å². The number of aromatic amines is 1. The number of aromatic nitrogens is 2. The van der Waals surface area contributed by atoms with E-state index < -0.39 is 17.4 Å². The van der Waals surface area contributed by atoms with Crippen LogP contribution in [0.4, 0.5) is 5.69 Å². The number of benzene rings is 2. The summed E-state index contributed by atoms with van der Waals surface area (Å²) in [7, 11) is 0. The molecule has 1 aromatic heterocycles. The van der Waals surface area contributed by atoms with Crippen molar-refractivity contribution in [1.29, 1.82) is 0 Å². The largest absolute Gasteiger partial charge is 0.319 e. The summed E-state index contributed by atoms with van der Waals surface area (Å²) in [6.45, 7) is 3.78. The van der Waals surface area contributed by atoms with Crippen molar-refractivity contribution in [3.05, 3.63) is 111 Å². The van der Waals surface area contributed by atoms with Crippen molar-refractivity contribution in [1.82, 2.24) is 14.7 Å². The van der Waals surface area contributed by atoms with Gasteiger partial charge in [0.05, 0.1) is 22.5 Å². The molecule has 0 bridgehead atoms. The number of carbonyl (C=O) groups excluding carboxylic acids is 2. The molecular formula is C27H23ClN4O3. The molecule has 1 N–H and O–H groups in total. The van der Waals surface area contributed by atoms with Gasteiger partial charge >= 0.3 is 0 Å². The molecule has 35 heavy (non-hydrogen) atoms. The average Bonchev–Trinajstić information content (AvgIpc) is 3.31. The van der Waals surface area contributed by atoms with E-state index in [1.54, 1.807) is 59.8 Å². The molecule has 5 rings (SSSR count). The van der Waals surface area contributed by atoms with Gasteiger partial charge in [-0.1, -0.05) is 48.9 Å². The van der Waals surface area contributed by atoms with E-state index in [4.69, 9.17) is 11.6 Å². The van der Waals surface area contributed by atoms with Gasteiger partial charge in [-0.3, -0.25) is 19.5 Å². The van der Waals surface area contributed by atoms with Gasteiger partial charge in [0, 0.05) is 23.1 Å². The van der Waals surface area contributed by atoms with E-state index in [2.05, 4.69) is 5.10 Å². The van der Waals surface area contributed by atoms with Crippen molar-refractivity contribution in [2.75, 3.05) is 4.90 Å². The third kappa shape index (κ3) is 3.84. The molecule has 2 amide bonds. The van der Waals surface area contributed by atoms with Gasteiger partial charge in [-0.25, -0.2) is 9.58 Å². The SMILES string of the molecule is CCc1[nH]n(-c2cccc(Cl)c2)c(=O)c1C1=C(N2C=CCC=C2)C(=O)N(c2cccc(C)c2)C1=O. The molecule has 0 saturated carbocycles. The first kappa shape index (κ1) is 22.7. The highest BCUT2D eigenvalue weighted by atomic mass is 35.5. The lowest BCUT2D eigenvalue weighted by Crippen LogP contribution is -2.33. The van der Waals surface area contributed by atoms with Crippen LogP contribution in [0.5, 0.6) is 0 Å². The molecule has 7 nitrogen and oxygen atoms in total. The maximum Gasteiger partial charge on any atom is 0.283 e. The van der Waals surface area contributed by atoms with Crippen LogP contribution in [0.1, 0.15) is 30.2 Å². The Morgan fingerprint density at radius 1 is 0.943 bits per heavy atom. The Morgan fingerprint density at radius 3 is 2.34 bits per heavy atom. The average molecular weight is 487 g/mol. The maximum absolute atomic E-state index is 13.9. The lowest BCUT2D eigenvalue weighted by Gasteiger charge is -2.20. The highest BCUT2D eigenvalue weighted by molar-refractivity contribution is 6.45. The van der Waals surface area contributed by atoms with Crippen molar-refractivity contribution < 1.29 is 9.59 Å². The summed E-state index contributed by atoms with van der Waals surface area (Å²) in [5.74, 6) is -1.02. The summed E-state index contributed by atoms with van der Waals surface area (Å²) in [6.07, 6.45) is 8.43. The standard InChI is InChI=1S/C27H23ClN4O3/c1-3-21-22(26(34)32(29-21)20-12-8-10-18(28)16-20)23-24(30-13-5-4-6-14-30)27(35)31(25(23)33)19-11-7-9-17(2)15-19/h5-16,29H,3-4H2,1-2H3. The first-order chi connectivity index (χ1) is 16.9. The van der Waals surface area contributed by atoms with E-state index in [1.807, 2.05) is 32.1 Å². The van der Waals surface area contributed by atoms with E-state index in [1.165, 1.54) is 4.68 Å². The van der Waals surface area contributed by atoms with Crippen LogP contribution >= 0.6 is 11.6 Å². The van der Waals surface area contributed by atoms with Crippen LogP contribution in [0.3, 0.4) is 0 Å². The number of amides is 2. The molecule has 3 aromatic rings. The number of aryl methyl sites for hydroxylation is 2. The number of carbonyl (C=O) groups is 2. The van der Waals surface area contributed by atoms with Gasteiger partial charge in [0.2, 0.25) is 0 Å². The van der Waals surface area contributed by atoms with E-state index in [9.17, 15) is 14.4 Å². The maximum atomic E-state index is 13.9. The molecule has 0 atom stereocenters. The lowest BCUT2D eigenvalue weighted by atomic mass is 10.0. The monoisotopic (exact) mass is 486 g/mol. The second-order valence-corrected chi connectivity index (χ2v) is 8.80. The number of anilines is 1. The minimum atomic E-state index is -0.535. The summed E-state index contributed by atoms with van der Waals surface area (Å²) in [4.78, 5) is 44.1. The molecule has 2 aliphatic rings. The molecular weight excluding hydrogens is 464 g/mol. The lowest BCUT2D eigenvalue weighted by molar-refractivity contribution is -0.120. The number of rotatable bonds is 5. The number of hydrogen-bond donors (Lipinski definition) is 1. The number of H-pyrrole nitrogens is 1. The van der Waals surface area contributed by atoms with Crippen LogP contribution in [0.2, 0.25) is 5.02 Å². The third-order valence-electron chi connectivity index (χ3n) is 6.02. The Morgan fingerprint density at radius 2 is 1.66 bits per heavy atom. The third-order valence-corrected chi connectivity index (χ3v) is 6.25. The number of nitrogens with one attached hydrogen (secondary N) is 1.